The molecule has 0 saturated heterocycles. The summed E-state index contributed by atoms with van der Waals surface area (Å²) < 4.78 is 15.4. The fourth-order valence-corrected chi connectivity index (χ4v) is 1.68. The number of esters is 1. The summed E-state index contributed by atoms with van der Waals surface area (Å²) in [6, 6.07) is 9.79. The summed E-state index contributed by atoms with van der Waals surface area (Å²) in [7, 11) is 0. The zero-order chi connectivity index (χ0) is 17.2. The van der Waals surface area contributed by atoms with Crippen molar-refractivity contribution in [2.24, 2.45) is 5.10 Å². The first-order valence-electron chi connectivity index (χ1n) is 7.44. The normalized spacial score (nSPS) is 10.5. The number of hydrogen-bond acceptors (Lipinski definition) is 6. The lowest BCUT2D eigenvalue weighted by Crippen LogP contribution is -2.24. The maximum atomic E-state index is 11.6. The predicted molar refractivity (Wildman–Crippen MR) is 87.0 cm³/mol. The predicted octanol–water partition coefficient (Wildman–Crippen LogP) is 2.38. The van der Waals surface area contributed by atoms with Gasteiger partial charge >= 0.3 is 5.97 Å². The third-order valence-corrected chi connectivity index (χ3v) is 2.82. The maximum Gasteiger partial charge on any atom is 0.338 e. The highest BCUT2D eigenvalue weighted by Gasteiger charge is 2.07. The first kappa shape index (κ1) is 17.3. The van der Waals surface area contributed by atoms with Crippen LogP contribution >= 0.6 is 0 Å². The van der Waals surface area contributed by atoms with Crippen molar-refractivity contribution in [3.8, 4) is 5.75 Å². The molecule has 0 spiro atoms. The van der Waals surface area contributed by atoms with Crippen molar-refractivity contribution >= 4 is 18.1 Å². The lowest BCUT2D eigenvalue weighted by Gasteiger charge is -2.06. The average Bonchev–Trinajstić information content (AvgIpc) is 3.11. The van der Waals surface area contributed by atoms with Crippen molar-refractivity contribution in [2.45, 2.75) is 13.3 Å². The van der Waals surface area contributed by atoms with Crippen molar-refractivity contribution in [3.05, 3.63) is 54.0 Å². The molecular weight excluding hydrogens is 312 g/mol. The van der Waals surface area contributed by atoms with E-state index >= 15 is 0 Å². The molecule has 0 bridgehead atoms. The zero-order valence-electron chi connectivity index (χ0n) is 13.2. The number of nitrogens with zero attached hydrogens (tertiary/aromatic N) is 1. The molecule has 24 heavy (non-hydrogen) atoms. The Morgan fingerprint density at radius 2 is 2.04 bits per heavy atom. The molecule has 0 fully saturated rings. The molecule has 1 amide bonds. The van der Waals surface area contributed by atoms with Crippen molar-refractivity contribution in [2.75, 3.05) is 13.2 Å². The van der Waals surface area contributed by atoms with Gasteiger partial charge in [-0.3, -0.25) is 4.79 Å². The average molecular weight is 330 g/mol. The Morgan fingerprint density at radius 1 is 1.25 bits per heavy atom. The number of carbonyl (C=O) groups excluding carboxylic acids is 2. The van der Waals surface area contributed by atoms with Crippen molar-refractivity contribution < 1.29 is 23.5 Å². The summed E-state index contributed by atoms with van der Waals surface area (Å²) >= 11 is 0. The van der Waals surface area contributed by atoms with Crippen LogP contribution in [-0.4, -0.2) is 31.3 Å². The number of rotatable bonds is 8. The minimum Gasteiger partial charge on any atom is -0.484 e. The molecule has 2 rings (SSSR count). The molecule has 7 heteroatoms. The van der Waals surface area contributed by atoms with Crippen molar-refractivity contribution in [1.29, 1.82) is 0 Å². The van der Waals surface area contributed by atoms with Gasteiger partial charge in [-0.15, -0.1) is 0 Å². The first-order chi connectivity index (χ1) is 11.7. The van der Waals surface area contributed by atoms with Crippen LogP contribution in [0.1, 0.15) is 29.5 Å². The highest BCUT2D eigenvalue weighted by atomic mass is 16.5. The monoisotopic (exact) mass is 330 g/mol. The number of benzene rings is 1. The van der Waals surface area contributed by atoms with Gasteiger partial charge in [-0.1, -0.05) is 6.92 Å². The van der Waals surface area contributed by atoms with Crippen LogP contribution in [0, 0.1) is 0 Å². The number of amides is 1. The standard InChI is InChI=1S/C17H18N2O5/c1-2-9-23-17(21)13-5-7-14(8-6-13)24-12-16(20)19-18-11-15-4-3-10-22-15/h3-8,10-11H,2,9,12H2,1H3,(H,19,20)/b18-11+. The molecule has 1 heterocycles. The van der Waals surface area contributed by atoms with E-state index in [2.05, 4.69) is 10.5 Å². The molecular formula is C17H18N2O5. The second kappa shape index (κ2) is 9.14. The van der Waals surface area contributed by atoms with Crippen LogP contribution in [0.3, 0.4) is 0 Å². The van der Waals surface area contributed by atoms with Crippen LogP contribution in [-0.2, 0) is 9.53 Å². The van der Waals surface area contributed by atoms with Crippen LogP contribution < -0.4 is 10.2 Å². The highest BCUT2D eigenvalue weighted by Crippen LogP contribution is 2.13. The molecule has 0 saturated carbocycles. The van der Waals surface area contributed by atoms with Gasteiger partial charge in [-0.05, 0) is 42.8 Å². The summed E-state index contributed by atoms with van der Waals surface area (Å²) in [5.74, 6) is 0.201. The number of ether oxygens (including phenoxy) is 2. The summed E-state index contributed by atoms with van der Waals surface area (Å²) in [5, 5.41) is 3.73. The van der Waals surface area contributed by atoms with Crippen molar-refractivity contribution in [1.82, 2.24) is 5.43 Å². The van der Waals surface area contributed by atoms with E-state index < -0.39 is 5.91 Å². The minimum absolute atomic E-state index is 0.199. The largest absolute Gasteiger partial charge is 0.484 e. The van der Waals surface area contributed by atoms with E-state index in [-0.39, 0.29) is 12.6 Å². The third-order valence-electron chi connectivity index (χ3n) is 2.82. The fraction of sp³-hybridized carbons (Fsp3) is 0.235. The van der Waals surface area contributed by atoms with Gasteiger partial charge in [0.05, 0.1) is 24.6 Å². The number of furan rings is 1. The van der Waals surface area contributed by atoms with Gasteiger partial charge in [0.25, 0.3) is 5.91 Å². The van der Waals surface area contributed by atoms with Crippen LogP contribution in [0.25, 0.3) is 0 Å². The van der Waals surface area contributed by atoms with Gasteiger partial charge in [0, 0.05) is 0 Å². The molecule has 1 aromatic heterocycles. The van der Waals surface area contributed by atoms with Gasteiger partial charge in [0.2, 0.25) is 0 Å². The molecule has 0 aliphatic rings. The first-order valence-corrected chi connectivity index (χ1v) is 7.44. The number of carbonyl (C=O) groups is 2. The Balaban J connectivity index is 1.75. The highest BCUT2D eigenvalue weighted by molar-refractivity contribution is 5.89. The Bertz CT molecular complexity index is 678. The Labute approximate surface area is 139 Å². The Hall–Kier alpha value is -3.09. The summed E-state index contributed by atoms with van der Waals surface area (Å²) in [5.41, 5.74) is 2.75. The quantitative estimate of drug-likeness (QED) is 0.456. The lowest BCUT2D eigenvalue weighted by molar-refractivity contribution is -0.123. The van der Waals surface area contributed by atoms with E-state index in [1.165, 1.54) is 12.5 Å². The Morgan fingerprint density at radius 3 is 2.71 bits per heavy atom. The molecule has 1 aromatic carbocycles. The lowest BCUT2D eigenvalue weighted by atomic mass is 10.2. The maximum absolute atomic E-state index is 11.6. The summed E-state index contributed by atoms with van der Waals surface area (Å²) in [6.07, 6.45) is 3.66. The molecule has 2 aromatic rings. The Kier molecular flexibility index (Phi) is 6.58. The van der Waals surface area contributed by atoms with Gasteiger partial charge < -0.3 is 13.9 Å². The van der Waals surface area contributed by atoms with Gasteiger partial charge in [0.1, 0.15) is 11.5 Å². The van der Waals surface area contributed by atoms with Crippen LogP contribution in [0.2, 0.25) is 0 Å². The molecule has 1 N–H and O–H groups in total. The second-order valence-electron chi connectivity index (χ2n) is 4.76. The van der Waals surface area contributed by atoms with Crippen LogP contribution in [0.4, 0.5) is 0 Å². The van der Waals surface area contributed by atoms with E-state index in [4.69, 9.17) is 13.9 Å². The van der Waals surface area contributed by atoms with Crippen LogP contribution in [0.15, 0.2) is 52.2 Å². The number of hydrogen-bond donors (Lipinski definition) is 1. The van der Waals surface area contributed by atoms with Crippen molar-refractivity contribution in [3.63, 3.8) is 0 Å². The van der Waals surface area contributed by atoms with Gasteiger partial charge in [-0.2, -0.15) is 5.10 Å². The minimum atomic E-state index is -0.413. The molecule has 7 nitrogen and oxygen atoms in total. The van der Waals surface area contributed by atoms with E-state index in [1.807, 2.05) is 6.92 Å². The topological polar surface area (TPSA) is 90.1 Å². The summed E-state index contributed by atoms with van der Waals surface area (Å²) in [4.78, 5) is 23.2. The zero-order valence-corrected chi connectivity index (χ0v) is 13.2. The van der Waals surface area contributed by atoms with Gasteiger partial charge in [-0.25, -0.2) is 10.2 Å². The van der Waals surface area contributed by atoms with E-state index in [0.717, 1.165) is 6.42 Å². The third kappa shape index (κ3) is 5.60. The van der Waals surface area contributed by atoms with E-state index in [1.54, 1.807) is 36.4 Å². The molecule has 126 valence electrons. The summed E-state index contributed by atoms with van der Waals surface area (Å²) in [6.45, 7) is 2.11. The van der Waals surface area contributed by atoms with E-state index in [0.29, 0.717) is 23.7 Å². The smallest absolute Gasteiger partial charge is 0.338 e. The van der Waals surface area contributed by atoms with E-state index in [9.17, 15) is 9.59 Å². The molecule has 0 atom stereocenters. The number of hydrazone groups is 1. The molecule has 0 aliphatic heterocycles. The van der Waals surface area contributed by atoms with Gasteiger partial charge in [0.15, 0.2) is 6.61 Å². The molecule has 0 aliphatic carbocycles. The number of nitrogens with one attached hydrogen (secondary N) is 1. The second-order valence-corrected chi connectivity index (χ2v) is 4.76. The fourth-order valence-electron chi connectivity index (χ4n) is 1.68. The van der Waals surface area contributed by atoms with Crippen LogP contribution in [0.5, 0.6) is 5.75 Å². The molecule has 0 unspecified atom stereocenters. The molecule has 0 radical (unpaired) electrons. The SMILES string of the molecule is CCCOC(=O)c1ccc(OCC(=O)N/N=C/c2ccco2)cc1.